The normalized spacial score (nSPS) is 20.4. The van der Waals surface area contributed by atoms with Gasteiger partial charge < -0.3 is 10.2 Å². The Morgan fingerprint density at radius 1 is 1.30 bits per heavy atom. The first-order valence-electron chi connectivity index (χ1n) is 7.64. The average molecular weight is 296 g/mol. The van der Waals surface area contributed by atoms with Gasteiger partial charge in [-0.15, -0.1) is 0 Å². The van der Waals surface area contributed by atoms with E-state index in [4.69, 9.17) is 11.6 Å². The van der Waals surface area contributed by atoms with Gasteiger partial charge in [-0.2, -0.15) is 0 Å². The third kappa shape index (κ3) is 3.46. The molecule has 1 atom stereocenters. The van der Waals surface area contributed by atoms with Crippen LogP contribution < -0.4 is 10.2 Å². The minimum Gasteiger partial charge on any atom is -0.367 e. The molecule has 0 aromatic heterocycles. The van der Waals surface area contributed by atoms with Crippen LogP contribution in [0.2, 0.25) is 5.02 Å². The number of piperazine rings is 1. The molecule has 1 aromatic carbocycles. The summed E-state index contributed by atoms with van der Waals surface area (Å²) < 4.78 is 0. The van der Waals surface area contributed by atoms with E-state index in [1.807, 2.05) is 12.1 Å². The van der Waals surface area contributed by atoms with Crippen LogP contribution in [0.3, 0.4) is 0 Å². The highest BCUT2D eigenvalue weighted by Gasteiger charge is 2.25. The molecule has 0 bridgehead atoms. The summed E-state index contributed by atoms with van der Waals surface area (Å²) in [5, 5.41) is 4.28. The van der Waals surface area contributed by atoms with Crippen molar-refractivity contribution in [2.75, 3.05) is 37.6 Å². The van der Waals surface area contributed by atoms with Crippen LogP contribution in [0.5, 0.6) is 0 Å². The lowest BCUT2D eigenvalue weighted by Crippen LogP contribution is -2.52. The second-order valence-electron chi connectivity index (χ2n) is 5.45. The van der Waals surface area contributed by atoms with Crippen molar-refractivity contribution in [3.05, 3.63) is 28.8 Å². The van der Waals surface area contributed by atoms with E-state index < -0.39 is 0 Å². The van der Waals surface area contributed by atoms with Crippen LogP contribution in [0.25, 0.3) is 0 Å². The second kappa shape index (κ2) is 7.30. The lowest BCUT2D eigenvalue weighted by molar-refractivity contribution is 0.199. The fraction of sp³-hybridized carbons (Fsp3) is 0.625. The molecular formula is C16H26ClN3. The van der Waals surface area contributed by atoms with E-state index >= 15 is 0 Å². The first-order chi connectivity index (χ1) is 9.67. The summed E-state index contributed by atoms with van der Waals surface area (Å²) in [6.45, 7) is 12.9. The molecule has 1 saturated heterocycles. The summed E-state index contributed by atoms with van der Waals surface area (Å²) in [6, 6.07) is 6.81. The smallest absolute Gasteiger partial charge is 0.0642 e. The maximum atomic E-state index is 6.48. The Kier molecular flexibility index (Phi) is 5.70. The quantitative estimate of drug-likeness (QED) is 0.901. The Bertz CT molecular complexity index is 436. The largest absolute Gasteiger partial charge is 0.367 e. The number of halogens is 1. The molecule has 1 aliphatic heterocycles. The van der Waals surface area contributed by atoms with Gasteiger partial charge in [-0.3, -0.25) is 4.90 Å². The summed E-state index contributed by atoms with van der Waals surface area (Å²) in [5.41, 5.74) is 2.52. The van der Waals surface area contributed by atoms with Gasteiger partial charge in [0.1, 0.15) is 0 Å². The van der Waals surface area contributed by atoms with Crippen molar-refractivity contribution >= 4 is 17.3 Å². The number of hydrogen-bond acceptors (Lipinski definition) is 3. The Balaban J connectivity index is 2.19. The van der Waals surface area contributed by atoms with Gasteiger partial charge in [0.15, 0.2) is 0 Å². The van der Waals surface area contributed by atoms with Crippen molar-refractivity contribution in [2.45, 2.75) is 33.4 Å². The van der Waals surface area contributed by atoms with E-state index in [-0.39, 0.29) is 0 Å². The number of nitrogens with zero attached hydrogens (tertiary/aromatic N) is 2. The molecule has 3 nitrogen and oxygen atoms in total. The van der Waals surface area contributed by atoms with Crippen LogP contribution in [0.15, 0.2) is 18.2 Å². The summed E-state index contributed by atoms with van der Waals surface area (Å²) in [5.74, 6) is 0. The highest BCUT2D eigenvalue weighted by Crippen LogP contribution is 2.31. The van der Waals surface area contributed by atoms with Gasteiger partial charge in [0.05, 0.1) is 10.7 Å². The first kappa shape index (κ1) is 15.6. The van der Waals surface area contributed by atoms with Crippen LogP contribution in [0.1, 0.15) is 26.3 Å². The summed E-state index contributed by atoms with van der Waals surface area (Å²) >= 11 is 6.48. The number of anilines is 1. The Hall–Kier alpha value is -0.770. The molecule has 4 heteroatoms. The standard InChI is InChI=1S/C16H26ClN3/c1-4-18-11-14-7-6-8-15(17)16(14)20-10-9-19(5-2)13(3)12-20/h6-8,13,18H,4-5,9-12H2,1-3H3. The van der Waals surface area contributed by atoms with Gasteiger partial charge in [-0.25, -0.2) is 0 Å². The van der Waals surface area contributed by atoms with E-state index in [2.05, 4.69) is 42.0 Å². The Morgan fingerprint density at radius 3 is 2.75 bits per heavy atom. The maximum absolute atomic E-state index is 6.48. The fourth-order valence-electron chi connectivity index (χ4n) is 2.98. The highest BCUT2D eigenvalue weighted by atomic mass is 35.5. The molecule has 1 heterocycles. The van der Waals surface area contributed by atoms with Crippen molar-refractivity contribution in [3.8, 4) is 0 Å². The van der Waals surface area contributed by atoms with Gasteiger partial charge in [-0.05, 0) is 31.6 Å². The number of likely N-dealkylation sites (N-methyl/N-ethyl adjacent to an activating group) is 1. The molecule has 0 spiro atoms. The van der Waals surface area contributed by atoms with Gasteiger partial charge in [0, 0.05) is 32.2 Å². The minimum atomic E-state index is 0.581. The zero-order valence-corrected chi connectivity index (χ0v) is 13.6. The highest BCUT2D eigenvalue weighted by molar-refractivity contribution is 6.33. The molecule has 1 N–H and O–H groups in total. The zero-order valence-electron chi connectivity index (χ0n) is 12.8. The Labute approximate surface area is 127 Å². The van der Waals surface area contributed by atoms with Crippen LogP contribution in [0.4, 0.5) is 5.69 Å². The number of para-hydroxylation sites is 1. The molecule has 1 unspecified atom stereocenters. The van der Waals surface area contributed by atoms with Gasteiger partial charge in [-0.1, -0.05) is 37.6 Å². The predicted molar refractivity (Wildman–Crippen MR) is 87.8 cm³/mol. The molecular weight excluding hydrogens is 270 g/mol. The van der Waals surface area contributed by atoms with Crippen molar-refractivity contribution in [1.82, 2.24) is 10.2 Å². The summed E-state index contributed by atoms with van der Waals surface area (Å²) in [6.07, 6.45) is 0. The number of nitrogens with one attached hydrogen (secondary N) is 1. The molecule has 1 aromatic rings. The van der Waals surface area contributed by atoms with E-state index in [0.717, 1.165) is 44.3 Å². The van der Waals surface area contributed by atoms with Gasteiger partial charge in [0.2, 0.25) is 0 Å². The molecule has 0 amide bonds. The van der Waals surface area contributed by atoms with Crippen molar-refractivity contribution in [1.29, 1.82) is 0 Å². The molecule has 20 heavy (non-hydrogen) atoms. The van der Waals surface area contributed by atoms with E-state index in [1.54, 1.807) is 0 Å². The predicted octanol–water partition coefficient (Wildman–Crippen LogP) is 2.98. The topological polar surface area (TPSA) is 18.5 Å². The van der Waals surface area contributed by atoms with E-state index in [9.17, 15) is 0 Å². The van der Waals surface area contributed by atoms with Gasteiger partial charge in [0.25, 0.3) is 0 Å². The SMILES string of the molecule is CCNCc1cccc(Cl)c1N1CCN(CC)C(C)C1. The van der Waals surface area contributed by atoms with Crippen LogP contribution in [-0.2, 0) is 6.54 Å². The van der Waals surface area contributed by atoms with E-state index in [0.29, 0.717) is 6.04 Å². The second-order valence-corrected chi connectivity index (χ2v) is 5.86. The van der Waals surface area contributed by atoms with Crippen LogP contribution >= 0.6 is 11.6 Å². The summed E-state index contributed by atoms with van der Waals surface area (Å²) in [4.78, 5) is 4.98. The van der Waals surface area contributed by atoms with E-state index in [1.165, 1.54) is 11.3 Å². The van der Waals surface area contributed by atoms with Crippen LogP contribution in [0, 0.1) is 0 Å². The number of rotatable bonds is 5. The number of hydrogen-bond donors (Lipinski definition) is 1. The zero-order chi connectivity index (χ0) is 14.5. The monoisotopic (exact) mass is 295 g/mol. The molecule has 0 aliphatic carbocycles. The van der Waals surface area contributed by atoms with Crippen LogP contribution in [-0.4, -0.2) is 43.7 Å². The molecule has 1 aliphatic rings. The number of benzene rings is 1. The fourth-order valence-corrected chi connectivity index (χ4v) is 3.30. The van der Waals surface area contributed by atoms with Crippen molar-refractivity contribution in [3.63, 3.8) is 0 Å². The molecule has 0 radical (unpaired) electrons. The third-order valence-electron chi connectivity index (χ3n) is 4.12. The average Bonchev–Trinajstić information content (AvgIpc) is 2.45. The van der Waals surface area contributed by atoms with Crippen molar-refractivity contribution < 1.29 is 0 Å². The lowest BCUT2D eigenvalue weighted by atomic mass is 10.1. The van der Waals surface area contributed by atoms with Gasteiger partial charge >= 0.3 is 0 Å². The molecule has 112 valence electrons. The first-order valence-corrected chi connectivity index (χ1v) is 8.02. The van der Waals surface area contributed by atoms with Crippen molar-refractivity contribution in [2.24, 2.45) is 0 Å². The molecule has 1 fully saturated rings. The maximum Gasteiger partial charge on any atom is 0.0642 e. The Morgan fingerprint density at radius 2 is 2.10 bits per heavy atom. The molecule has 0 saturated carbocycles. The minimum absolute atomic E-state index is 0.581. The third-order valence-corrected chi connectivity index (χ3v) is 4.43. The molecule has 2 rings (SSSR count). The lowest BCUT2D eigenvalue weighted by Gasteiger charge is -2.41. The summed E-state index contributed by atoms with van der Waals surface area (Å²) in [7, 11) is 0.